The summed E-state index contributed by atoms with van der Waals surface area (Å²) in [5.41, 5.74) is 19.0. The smallest absolute Gasteiger partial charge is 0.325 e. The molecule has 0 heterocycles. The van der Waals surface area contributed by atoms with Crippen molar-refractivity contribution in [3.05, 3.63) is 0 Å². The van der Waals surface area contributed by atoms with Crippen LogP contribution in [0.25, 0.3) is 0 Å². The van der Waals surface area contributed by atoms with Gasteiger partial charge in [0, 0.05) is 18.1 Å². The Morgan fingerprint density at radius 3 is 0.964 bits per heavy atom. The van der Waals surface area contributed by atoms with Crippen LogP contribution in [-0.2, 0) is 13.6 Å². The van der Waals surface area contributed by atoms with Gasteiger partial charge in [0.05, 0.1) is 18.3 Å². The van der Waals surface area contributed by atoms with Crippen molar-refractivity contribution in [1.29, 1.82) is 0 Å². The average molecular weight is 422 g/mol. The van der Waals surface area contributed by atoms with Crippen molar-refractivity contribution in [2.45, 2.75) is 136 Å². The third-order valence-corrected chi connectivity index (χ3v) is 6.56. The summed E-state index contributed by atoms with van der Waals surface area (Å²) in [6.07, 6.45) is 7.98. The number of hydrogen-bond donors (Lipinski definition) is 3. The minimum absolute atomic E-state index is 0.0360. The van der Waals surface area contributed by atoms with E-state index in [9.17, 15) is 0 Å². The Kier molecular flexibility index (Phi) is 17.0. The lowest BCUT2D eigenvalue weighted by Gasteiger charge is -2.34. The fraction of sp³-hybridized carbons (Fsp3) is 1.00. The maximum Gasteiger partial charge on any atom is 0.333 e. The molecule has 6 atom stereocenters. The molecule has 0 amide bonds. The third-order valence-electron chi connectivity index (χ3n) is 5.23. The van der Waals surface area contributed by atoms with Crippen LogP contribution in [0.3, 0.4) is 0 Å². The van der Waals surface area contributed by atoms with Gasteiger partial charge in [-0.15, -0.1) is 0 Å². The van der Waals surface area contributed by atoms with Crippen LogP contribution in [0.2, 0.25) is 0 Å². The quantitative estimate of drug-likeness (QED) is 0.270. The highest BCUT2D eigenvalue weighted by Crippen LogP contribution is 2.47. The first-order chi connectivity index (χ1) is 13.4. The van der Waals surface area contributed by atoms with E-state index >= 15 is 0 Å². The highest BCUT2D eigenvalue weighted by atomic mass is 31.2. The molecule has 6 unspecified atom stereocenters. The zero-order chi connectivity index (χ0) is 21.5. The van der Waals surface area contributed by atoms with Gasteiger partial charge in [0.25, 0.3) is 0 Å². The van der Waals surface area contributed by atoms with E-state index in [0.717, 1.165) is 57.8 Å². The van der Waals surface area contributed by atoms with E-state index in [1.54, 1.807) is 0 Å². The van der Waals surface area contributed by atoms with E-state index in [4.69, 9.17) is 30.8 Å². The van der Waals surface area contributed by atoms with Gasteiger partial charge in [0.1, 0.15) is 0 Å². The van der Waals surface area contributed by atoms with Crippen LogP contribution in [0, 0.1) is 0 Å². The highest BCUT2D eigenvalue weighted by Gasteiger charge is 2.31. The van der Waals surface area contributed by atoms with E-state index in [2.05, 4.69) is 41.5 Å². The molecule has 0 spiro atoms. The van der Waals surface area contributed by atoms with Crippen molar-refractivity contribution < 1.29 is 13.6 Å². The molecule has 0 saturated carbocycles. The summed E-state index contributed by atoms with van der Waals surface area (Å²) in [6.45, 7) is 12.7. The molecule has 6 N–H and O–H groups in total. The molecule has 0 aliphatic rings. The van der Waals surface area contributed by atoms with Crippen molar-refractivity contribution in [3.8, 4) is 0 Å². The van der Waals surface area contributed by atoms with Crippen molar-refractivity contribution in [3.63, 3.8) is 0 Å². The van der Waals surface area contributed by atoms with Gasteiger partial charge in [0.2, 0.25) is 0 Å². The van der Waals surface area contributed by atoms with E-state index in [-0.39, 0.29) is 36.4 Å². The van der Waals surface area contributed by atoms with Crippen LogP contribution in [0.4, 0.5) is 0 Å². The molecule has 0 aromatic carbocycles. The molecule has 0 saturated heterocycles. The summed E-state index contributed by atoms with van der Waals surface area (Å²) in [4.78, 5) is 0. The minimum atomic E-state index is -1.57. The SMILES string of the molecule is CCCC(OP(OC(CCC)C(N)CC)OC(CCC)C(N)CC)C(N)CC. The predicted octanol–water partition coefficient (Wildman–Crippen LogP) is 4.98. The van der Waals surface area contributed by atoms with Gasteiger partial charge < -0.3 is 30.8 Å². The molecule has 28 heavy (non-hydrogen) atoms. The van der Waals surface area contributed by atoms with Crippen LogP contribution in [-0.4, -0.2) is 36.4 Å². The molecule has 0 aliphatic carbocycles. The summed E-state index contributed by atoms with van der Waals surface area (Å²) in [6, 6.07) is -0.108. The normalized spacial score (nSPS) is 19.6. The molecule has 0 radical (unpaired) electrons. The largest absolute Gasteiger partial charge is 0.333 e. The van der Waals surface area contributed by atoms with E-state index in [0.29, 0.717) is 0 Å². The first-order valence-electron chi connectivity index (χ1n) is 11.4. The molecule has 7 heteroatoms. The highest BCUT2D eigenvalue weighted by molar-refractivity contribution is 7.41. The van der Waals surface area contributed by atoms with Crippen LogP contribution >= 0.6 is 8.60 Å². The van der Waals surface area contributed by atoms with Gasteiger partial charge >= 0.3 is 8.60 Å². The van der Waals surface area contributed by atoms with E-state index < -0.39 is 8.60 Å². The monoisotopic (exact) mass is 421 g/mol. The second-order valence-electron chi connectivity index (χ2n) is 7.74. The molecule has 0 fully saturated rings. The predicted molar refractivity (Wildman–Crippen MR) is 121 cm³/mol. The number of nitrogens with two attached hydrogens (primary N) is 3. The Morgan fingerprint density at radius 2 is 0.786 bits per heavy atom. The van der Waals surface area contributed by atoms with Crippen LogP contribution in [0.15, 0.2) is 0 Å². The Morgan fingerprint density at radius 1 is 0.536 bits per heavy atom. The van der Waals surface area contributed by atoms with Crippen molar-refractivity contribution in [2.24, 2.45) is 17.2 Å². The zero-order valence-electron chi connectivity index (χ0n) is 19.2. The van der Waals surface area contributed by atoms with Crippen LogP contribution in [0.1, 0.15) is 99.3 Å². The summed E-state index contributed by atoms with van der Waals surface area (Å²) in [5, 5.41) is 0. The molecule has 0 aromatic heterocycles. The van der Waals surface area contributed by atoms with E-state index in [1.807, 2.05) is 0 Å². The lowest BCUT2D eigenvalue weighted by atomic mass is 10.1. The molecule has 0 aromatic rings. The molecule has 0 bridgehead atoms. The van der Waals surface area contributed by atoms with Gasteiger partial charge in [-0.1, -0.05) is 60.8 Å². The molecular formula is C21H48N3O3P. The lowest BCUT2D eigenvalue weighted by molar-refractivity contribution is 0.0356. The van der Waals surface area contributed by atoms with Gasteiger partial charge in [-0.3, -0.25) is 0 Å². The molecular weight excluding hydrogens is 373 g/mol. The van der Waals surface area contributed by atoms with Gasteiger partial charge in [-0.2, -0.15) is 0 Å². The Hall–Kier alpha value is 0.190. The van der Waals surface area contributed by atoms with Gasteiger partial charge in [0.15, 0.2) is 0 Å². The Balaban J connectivity index is 5.45. The Bertz CT molecular complexity index is 313. The van der Waals surface area contributed by atoms with Crippen LogP contribution in [0.5, 0.6) is 0 Å². The van der Waals surface area contributed by atoms with Gasteiger partial charge in [-0.05, 0) is 38.5 Å². The molecule has 6 nitrogen and oxygen atoms in total. The molecule has 0 aliphatic heterocycles. The maximum atomic E-state index is 6.37. The van der Waals surface area contributed by atoms with Crippen molar-refractivity contribution in [1.82, 2.24) is 0 Å². The first kappa shape index (κ1) is 28.2. The second-order valence-corrected chi connectivity index (χ2v) is 8.82. The van der Waals surface area contributed by atoms with Crippen molar-refractivity contribution in [2.75, 3.05) is 0 Å². The summed E-state index contributed by atoms with van der Waals surface area (Å²) in [7, 11) is -1.57. The lowest BCUT2D eigenvalue weighted by Crippen LogP contribution is -2.40. The fourth-order valence-corrected chi connectivity index (χ4v) is 4.68. The standard InChI is InChI=1S/C21H48N3O3P/c1-7-13-19(16(22)10-4)25-28(26-20(14-8-2)17(23)11-5)27-21(15-9-3)18(24)12-6/h16-21H,7-15,22-24H2,1-6H3. The molecule has 0 rings (SSSR count). The van der Waals surface area contributed by atoms with Crippen molar-refractivity contribution >= 4 is 8.60 Å². The second kappa shape index (κ2) is 16.9. The summed E-state index contributed by atoms with van der Waals surface area (Å²) in [5.74, 6) is 0. The summed E-state index contributed by atoms with van der Waals surface area (Å²) >= 11 is 0. The fourth-order valence-electron chi connectivity index (χ4n) is 3.08. The summed E-state index contributed by atoms with van der Waals surface area (Å²) < 4.78 is 19.1. The number of hydrogen-bond acceptors (Lipinski definition) is 6. The number of rotatable bonds is 18. The Labute approximate surface area is 175 Å². The average Bonchev–Trinajstić information content (AvgIpc) is 2.70. The third kappa shape index (κ3) is 10.8. The van der Waals surface area contributed by atoms with Gasteiger partial charge in [-0.25, -0.2) is 0 Å². The van der Waals surface area contributed by atoms with Crippen LogP contribution < -0.4 is 17.2 Å². The zero-order valence-corrected chi connectivity index (χ0v) is 20.1. The molecule has 170 valence electrons. The topological polar surface area (TPSA) is 106 Å². The minimum Gasteiger partial charge on any atom is -0.325 e. The first-order valence-corrected chi connectivity index (χ1v) is 12.5. The maximum absolute atomic E-state index is 6.37. The van der Waals surface area contributed by atoms with E-state index in [1.165, 1.54) is 0 Å².